The lowest BCUT2D eigenvalue weighted by atomic mass is 10.1. The first kappa shape index (κ1) is 15.8. The Morgan fingerprint density at radius 2 is 2.00 bits per heavy atom. The van der Waals surface area contributed by atoms with Crippen LogP contribution in [0, 0.1) is 3.57 Å². The van der Waals surface area contributed by atoms with Crippen molar-refractivity contribution >= 4 is 34.2 Å². The molecule has 0 aliphatic heterocycles. The lowest BCUT2D eigenvalue weighted by Crippen LogP contribution is -2.17. The molecule has 2 aromatic carbocycles. The maximum atomic E-state index is 12.3. The molecule has 0 fully saturated rings. The number of carbonyl (C=O) groups is 1. The zero-order valence-electron chi connectivity index (χ0n) is 11.7. The Morgan fingerprint density at radius 1 is 1.24 bits per heavy atom. The monoisotopic (exact) mass is 396 g/mol. The smallest absolute Gasteiger partial charge is 0.255 e. The topological polar surface area (TPSA) is 61.4 Å². The number of nitrogens with one attached hydrogen (secondary N) is 2. The minimum atomic E-state index is -0.231. The van der Waals surface area contributed by atoms with Gasteiger partial charge in [-0.2, -0.15) is 0 Å². The second kappa shape index (κ2) is 7.42. The van der Waals surface area contributed by atoms with Gasteiger partial charge in [0.25, 0.3) is 5.91 Å². The van der Waals surface area contributed by atoms with Gasteiger partial charge in [0, 0.05) is 17.8 Å². The van der Waals surface area contributed by atoms with E-state index in [0.29, 0.717) is 12.1 Å². The van der Waals surface area contributed by atoms with Crippen molar-refractivity contribution in [3.05, 3.63) is 57.2 Å². The molecule has 4 nitrogen and oxygen atoms in total. The van der Waals surface area contributed by atoms with Gasteiger partial charge in [-0.1, -0.05) is 25.1 Å². The van der Waals surface area contributed by atoms with Crippen molar-refractivity contribution in [2.75, 3.05) is 11.9 Å². The van der Waals surface area contributed by atoms with E-state index in [9.17, 15) is 9.90 Å². The molecule has 0 bridgehead atoms. The third kappa shape index (κ3) is 4.18. The van der Waals surface area contributed by atoms with E-state index in [1.807, 2.05) is 53.8 Å². The Morgan fingerprint density at radius 3 is 2.71 bits per heavy atom. The minimum Gasteiger partial charge on any atom is -0.507 e. The predicted octanol–water partition coefficient (Wildman–Crippen LogP) is 3.36. The van der Waals surface area contributed by atoms with E-state index >= 15 is 0 Å². The number of anilines is 1. The maximum absolute atomic E-state index is 12.3. The van der Waals surface area contributed by atoms with Crippen molar-refractivity contribution in [2.24, 2.45) is 0 Å². The third-order valence-electron chi connectivity index (χ3n) is 3.04. The fourth-order valence-electron chi connectivity index (χ4n) is 1.90. The van der Waals surface area contributed by atoms with Gasteiger partial charge in [0.05, 0.1) is 3.57 Å². The van der Waals surface area contributed by atoms with Gasteiger partial charge in [-0.3, -0.25) is 4.79 Å². The number of amides is 1. The number of phenolic OH excluding ortho intramolecular Hbond substituents is 1. The van der Waals surface area contributed by atoms with Gasteiger partial charge in [0.1, 0.15) is 5.75 Å². The summed E-state index contributed by atoms with van der Waals surface area (Å²) in [4.78, 5) is 12.3. The number of aromatic hydroxyl groups is 1. The van der Waals surface area contributed by atoms with Crippen LogP contribution in [0.1, 0.15) is 22.8 Å². The normalized spacial score (nSPS) is 10.4. The van der Waals surface area contributed by atoms with E-state index in [-0.39, 0.29) is 11.7 Å². The molecule has 0 aliphatic carbocycles. The number of carbonyl (C=O) groups excluding carboxylic acids is 1. The fraction of sp³-hybridized carbons (Fsp3) is 0.188. The Kier molecular flexibility index (Phi) is 5.58. The van der Waals surface area contributed by atoms with Gasteiger partial charge >= 0.3 is 0 Å². The second-order valence-electron chi connectivity index (χ2n) is 4.56. The standard InChI is InChI=1S/C16H17IN2O2/c1-2-18-10-12-5-3-4-6-14(12)19-16(21)11-7-8-13(17)15(20)9-11/h3-9,18,20H,2,10H2,1H3,(H,19,21). The Hall–Kier alpha value is -1.60. The van der Waals surface area contributed by atoms with Gasteiger partial charge in [0.2, 0.25) is 0 Å². The van der Waals surface area contributed by atoms with Crippen LogP contribution in [0.4, 0.5) is 5.69 Å². The largest absolute Gasteiger partial charge is 0.507 e. The Balaban J connectivity index is 2.17. The highest BCUT2D eigenvalue weighted by Crippen LogP contribution is 2.22. The minimum absolute atomic E-state index is 0.115. The van der Waals surface area contributed by atoms with Gasteiger partial charge < -0.3 is 15.7 Å². The Labute approximate surface area is 137 Å². The molecule has 0 saturated carbocycles. The second-order valence-corrected chi connectivity index (χ2v) is 5.72. The van der Waals surface area contributed by atoms with Crippen molar-refractivity contribution in [1.29, 1.82) is 0 Å². The molecule has 0 spiro atoms. The molecule has 2 aromatic rings. The van der Waals surface area contributed by atoms with E-state index < -0.39 is 0 Å². The summed E-state index contributed by atoms with van der Waals surface area (Å²) in [7, 11) is 0. The quantitative estimate of drug-likeness (QED) is 0.680. The number of hydrogen-bond acceptors (Lipinski definition) is 3. The first-order valence-corrected chi connectivity index (χ1v) is 7.78. The van der Waals surface area contributed by atoms with Crippen LogP contribution in [0.3, 0.4) is 0 Å². The summed E-state index contributed by atoms with van der Waals surface area (Å²) >= 11 is 2.02. The molecule has 0 aliphatic rings. The van der Waals surface area contributed by atoms with Crippen molar-refractivity contribution in [1.82, 2.24) is 5.32 Å². The van der Waals surface area contributed by atoms with Crippen LogP contribution in [0.25, 0.3) is 0 Å². The zero-order chi connectivity index (χ0) is 15.2. The summed E-state index contributed by atoms with van der Waals surface area (Å²) in [6.07, 6.45) is 0. The van der Waals surface area contributed by atoms with Crippen LogP contribution in [0.15, 0.2) is 42.5 Å². The van der Waals surface area contributed by atoms with Crippen molar-refractivity contribution in [3.63, 3.8) is 0 Å². The number of benzene rings is 2. The fourth-order valence-corrected chi connectivity index (χ4v) is 2.24. The van der Waals surface area contributed by atoms with E-state index in [1.165, 1.54) is 6.07 Å². The van der Waals surface area contributed by atoms with Crippen LogP contribution >= 0.6 is 22.6 Å². The van der Waals surface area contributed by atoms with E-state index in [4.69, 9.17) is 0 Å². The third-order valence-corrected chi connectivity index (χ3v) is 3.95. The van der Waals surface area contributed by atoms with Crippen molar-refractivity contribution in [3.8, 4) is 5.75 Å². The molecule has 0 unspecified atom stereocenters. The van der Waals surface area contributed by atoms with Crippen molar-refractivity contribution in [2.45, 2.75) is 13.5 Å². The average molecular weight is 396 g/mol. The summed E-state index contributed by atoms with van der Waals surface area (Å²) in [5, 5.41) is 15.8. The molecular formula is C16H17IN2O2. The summed E-state index contributed by atoms with van der Waals surface area (Å²) in [6, 6.07) is 12.6. The highest BCUT2D eigenvalue weighted by Gasteiger charge is 2.10. The Bertz CT molecular complexity index is 644. The van der Waals surface area contributed by atoms with Crippen LogP contribution in [-0.4, -0.2) is 17.6 Å². The SMILES string of the molecule is CCNCc1ccccc1NC(=O)c1ccc(I)c(O)c1. The number of halogens is 1. The summed E-state index contributed by atoms with van der Waals surface area (Å²) < 4.78 is 0.719. The maximum Gasteiger partial charge on any atom is 0.255 e. The summed E-state index contributed by atoms with van der Waals surface area (Å²) in [5.41, 5.74) is 2.25. The molecule has 110 valence electrons. The predicted molar refractivity (Wildman–Crippen MR) is 92.6 cm³/mol. The molecule has 0 atom stereocenters. The lowest BCUT2D eigenvalue weighted by molar-refractivity contribution is 0.102. The van der Waals surface area contributed by atoms with E-state index in [0.717, 1.165) is 21.4 Å². The number of para-hydroxylation sites is 1. The molecule has 2 rings (SSSR count). The van der Waals surface area contributed by atoms with Crippen LogP contribution in [0.2, 0.25) is 0 Å². The van der Waals surface area contributed by atoms with E-state index in [1.54, 1.807) is 12.1 Å². The van der Waals surface area contributed by atoms with Gasteiger partial charge in [-0.25, -0.2) is 0 Å². The average Bonchev–Trinajstić information content (AvgIpc) is 2.49. The molecular weight excluding hydrogens is 379 g/mol. The van der Waals surface area contributed by atoms with Crippen molar-refractivity contribution < 1.29 is 9.90 Å². The highest BCUT2D eigenvalue weighted by atomic mass is 127. The lowest BCUT2D eigenvalue weighted by Gasteiger charge is -2.11. The molecule has 0 aromatic heterocycles. The van der Waals surface area contributed by atoms with Crippen LogP contribution in [0.5, 0.6) is 5.75 Å². The van der Waals surface area contributed by atoms with Gasteiger partial charge in [0.15, 0.2) is 0 Å². The molecule has 0 saturated heterocycles. The number of rotatable bonds is 5. The first-order valence-electron chi connectivity index (χ1n) is 6.70. The molecule has 0 radical (unpaired) electrons. The molecule has 0 heterocycles. The number of phenols is 1. The molecule has 3 N–H and O–H groups in total. The van der Waals surface area contributed by atoms with E-state index in [2.05, 4.69) is 10.6 Å². The number of hydrogen-bond donors (Lipinski definition) is 3. The first-order chi connectivity index (χ1) is 10.1. The molecule has 5 heteroatoms. The summed E-state index contributed by atoms with van der Waals surface area (Å²) in [5.74, 6) is -0.116. The zero-order valence-corrected chi connectivity index (χ0v) is 13.8. The van der Waals surface area contributed by atoms with Crippen LogP contribution < -0.4 is 10.6 Å². The molecule has 1 amide bonds. The van der Waals surface area contributed by atoms with Gasteiger partial charge in [-0.15, -0.1) is 0 Å². The molecule has 21 heavy (non-hydrogen) atoms. The van der Waals surface area contributed by atoms with Crippen LogP contribution in [-0.2, 0) is 6.54 Å². The summed E-state index contributed by atoms with van der Waals surface area (Å²) in [6.45, 7) is 3.60. The highest BCUT2D eigenvalue weighted by molar-refractivity contribution is 14.1. The van der Waals surface area contributed by atoms with Gasteiger partial charge in [-0.05, 0) is 59.0 Å².